The molecule has 0 radical (unpaired) electrons. The molecule has 17 heavy (non-hydrogen) atoms. The van der Waals surface area contributed by atoms with E-state index >= 15 is 0 Å². The Labute approximate surface area is 101 Å². The van der Waals surface area contributed by atoms with Crippen LogP contribution in [0.3, 0.4) is 0 Å². The van der Waals surface area contributed by atoms with Gasteiger partial charge in [0.2, 0.25) is 0 Å². The Morgan fingerprint density at radius 2 is 2.06 bits per heavy atom. The molecule has 0 aromatic carbocycles. The van der Waals surface area contributed by atoms with Crippen LogP contribution in [-0.2, 0) is 0 Å². The van der Waals surface area contributed by atoms with Gasteiger partial charge in [-0.3, -0.25) is 15.8 Å². The van der Waals surface area contributed by atoms with Crippen molar-refractivity contribution in [2.75, 3.05) is 0 Å². The van der Waals surface area contributed by atoms with Crippen LogP contribution in [0.15, 0.2) is 36.8 Å². The molecule has 3 N–H and O–H groups in total. The molecule has 2 heterocycles. The third-order valence-electron chi connectivity index (χ3n) is 2.81. The number of nitrogens with zero attached hydrogens (tertiary/aromatic N) is 2. The molecule has 0 aliphatic heterocycles. The Morgan fingerprint density at radius 1 is 1.24 bits per heavy atom. The minimum Gasteiger partial charge on any atom is -0.271 e. The van der Waals surface area contributed by atoms with Crippen molar-refractivity contribution in [1.29, 1.82) is 0 Å². The van der Waals surface area contributed by atoms with Crippen molar-refractivity contribution in [3.8, 4) is 0 Å². The van der Waals surface area contributed by atoms with Gasteiger partial charge in [-0.2, -0.15) is 0 Å². The second-order valence-corrected chi connectivity index (χ2v) is 4.06. The Morgan fingerprint density at radius 3 is 2.71 bits per heavy atom. The van der Waals surface area contributed by atoms with E-state index in [0.29, 0.717) is 0 Å². The van der Waals surface area contributed by atoms with Gasteiger partial charge in [0.15, 0.2) is 0 Å². The highest BCUT2D eigenvalue weighted by Gasteiger charge is 2.14. The Balaban J connectivity index is 2.44. The van der Waals surface area contributed by atoms with Crippen molar-refractivity contribution in [3.63, 3.8) is 0 Å². The number of aryl methyl sites for hydroxylation is 2. The summed E-state index contributed by atoms with van der Waals surface area (Å²) in [5.41, 5.74) is 7.15. The summed E-state index contributed by atoms with van der Waals surface area (Å²) in [5, 5.41) is 0. The third kappa shape index (κ3) is 2.49. The molecule has 2 rings (SSSR count). The van der Waals surface area contributed by atoms with E-state index in [2.05, 4.69) is 22.3 Å². The highest BCUT2D eigenvalue weighted by atomic mass is 15.2. The Kier molecular flexibility index (Phi) is 3.46. The lowest BCUT2D eigenvalue weighted by atomic mass is 9.98. The zero-order valence-electron chi connectivity index (χ0n) is 10.0. The highest BCUT2D eigenvalue weighted by Crippen LogP contribution is 2.23. The van der Waals surface area contributed by atoms with E-state index < -0.39 is 0 Å². The molecule has 0 spiro atoms. The number of hydrazine groups is 1. The fraction of sp³-hybridized carbons (Fsp3) is 0.231. The predicted octanol–water partition coefficient (Wildman–Crippen LogP) is 1.65. The van der Waals surface area contributed by atoms with Crippen molar-refractivity contribution in [2.24, 2.45) is 5.84 Å². The van der Waals surface area contributed by atoms with Crippen molar-refractivity contribution in [1.82, 2.24) is 15.4 Å². The van der Waals surface area contributed by atoms with Crippen LogP contribution in [0.1, 0.15) is 28.4 Å². The van der Waals surface area contributed by atoms with Gasteiger partial charge >= 0.3 is 0 Å². The van der Waals surface area contributed by atoms with Gasteiger partial charge in [0.05, 0.1) is 6.04 Å². The highest BCUT2D eigenvalue weighted by molar-refractivity contribution is 5.34. The van der Waals surface area contributed by atoms with Crippen LogP contribution >= 0.6 is 0 Å². The lowest BCUT2D eigenvalue weighted by Crippen LogP contribution is -2.29. The quantitative estimate of drug-likeness (QED) is 0.619. The van der Waals surface area contributed by atoms with Gasteiger partial charge < -0.3 is 0 Å². The standard InChI is InChI=1S/C13H16N4/c1-9-3-5-15-8-12(9)13(17-14)11-4-6-16-10(2)7-11/h3-8,13,17H,14H2,1-2H3. The molecule has 1 unspecified atom stereocenters. The van der Waals surface area contributed by atoms with E-state index in [1.807, 2.05) is 31.3 Å². The fourth-order valence-corrected chi connectivity index (χ4v) is 1.89. The van der Waals surface area contributed by atoms with Crippen molar-refractivity contribution in [2.45, 2.75) is 19.9 Å². The van der Waals surface area contributed by atoms with Crippen molar-refractivity contribution < 1.29 is 0 Å². The minimum atomic E-state index is -0.0506. The van der Waals surface area contributed by atoms with Crippen LogP contribution in [-0.4, -0.2) is 9.97 Å². The summed E-state index contributed by atoms with van der Waals surface area (Å²) in [5.74, 6) is 5.66. The molecule has 0 bridgehead atoms. The second kappa shape index (κ2) is 5.03. The average Bonchev–Trinajstić information content (AvgIpc) is 2.33. The van der Waals surface area contributed by atoms with Gasteiger partial charge in [-0.05, 0) is 48.7 Å². The van der Waals surface area contributed by atoms with Crippen LogP contribution in [0.2, 0.25) is 0 Å². The number of aromatic nitrogens is 2. The van der Waals surface area contributed by atoms with Crippen LogP contribution in [0.25, 0.3) is 0 Å². The summed E-state index contributed by atoms with van der Waals surface area (Å²) >= 11 is 0. The van der Waals surface area contributed by atoms with E-state index in [1.54, 1.807) is 12.4 Å². The number of pyridine rings is 2. The smallest absolute Gasteiger partial charge is 0.0728 e. The zero-order chi connectivity index (χ0) is 12.3. The van der Waals surface area contributed by atoms with Gasteiger partial charge in [-0.15, -0.1) is 0 Å². The lowest BCUT2D eigenvalue weighted by molar-refractivity contribution is 0.630. The summed E-state index contributed by atoms with van der Waals surface area (Å²) < 4.78 is 0. The van der Waals surface area contributed by atoms with E-state index in [4.69, 9.17) is 5.84 Å². The van der Waals surface area contributed by atoms with Gasteiger partial charge in [-0.25, -0.2) is 5.43 Å². The molecule has 88 valence electrons. The molecule has 1 atom stereocenters. The molecule has 0 aliphatic carbocycles. The molecular weight excluding hydrogens is 212 g/mol. The van der Waals surface area contributed by atoms with E-state index in [0.717, 1.165) is 22.4 Å². The van der Waals surface area contributed by atoms with E-state index in [9.17, 15) is 0 Å². The maximum Gasteiger partial charge on any atom is 0.0728 e. The molecule has 4 nitrogen and oxygen atoms in total. The van der Waals surface area contributed by atoms with Gasteiger partial charge in [0.25, 0.3) is 0 Å². The topological polar surface area (TPSA) is 63.8 Å². The van der Waals surface area contributed by atoms with Gasteiger partial charge in [0, 0.05) is 24.3 Å². The third-order valence-corrected chi connectivity index (χ3v) is 2.81. The molecule has 2 aromatic rings. The van der Waals surface area contributed by atoms with Crippen molar-refractivity contribution >= 4 is 0 Å². The Hall–Kier alpha value is -1.78. The summed E-state index contributed by atoms with van der Waals surface area (Å²) in [6.07, 6.45) is 5.42. The number of nitrogens with one attached hydrogen (secondary N) is 1. The maximum absolute atomic E-state index is 5.66. The van der Waals surface area contributed by atoms with Crippen LogP contribution in [0, 0.1) is 13.8 Å². The molecule has 4 heteroatoms. The molecule has 2 aromatic heterocycles. The first-order chi connectivity index (χ1) is 8.22. The molecule has 0 saturated heterocycles. The summed E-state index contributed by atoms with van der Waals surface area (Å²) in [6.45, 7) is 4.02. The van der Waals surface area contributed by atoms with E-state index in [1.165, 1.54) is 0 Å². The molecular formula is C13H16N4. The fourth-order valence-electron chi connectivity index (χ4n) is 1.89. The van der Waals surface area contributed by atoms with Crippen LogP contribution < -0.4 is 11.3 Å². The number of nitrogens with two attached hydrogens (primary N) is 1. The Bertz CT molecular complexity index is 510. The second-order valence-electron chi connectivity index (χ2n) is 4.06. The molecule has 0 aliphatic rings. The molecule has 0 fully saturated rings. The largest absolute Gasteiger partial charge is 0.271 e. The number of rotatable bonds is 3. The first kappa shape index (κ1) is 11.7. The first-order valence-corrected chi connectivity index (χ1v) is 5.51. The number of hydrogen-bond donors (Lipinski definition) is 2. The first-order valence-electron chi connectivity index (χ1n) is 5.51. The van der Waals surface area contributed by atoms with Crippen LogP contribution in [0.4, 0.5) is 0 Å². The van der Waals surface area contributed by atoms with Crippen LogP contribution in [0.5, 0.6) is 0 Å². The maximum atomic E-state index is 5.66. The normalized spacial score (nSPS) is 12.4. The summed E-state index contributed by atoms with van der Waals surface area (Å²) in [6, 6.07) is 5.92. The van der Waals surface area contributed by atoms with Crippen molar-refractivity contribution in [3.05, 3.63) is 59.2 Å². The lowest BCUT2D eigenvalue weighted by Gasteiger charge is -2.18. The molecule has 0 amide bonds. The number of hydrogen-bond acceptors (Lipinski definition) is 4. The van der Waals surface area contributed by atoms with E-state index in [-0.39, 0.29) is 6.04 Å². The SMILES string of the molecule is Cc1cc(C(NN)c2cnccc2C)ccn1. The average molecular weight is 228 g/mol. The monoisotopic (exact) mass is 228 g/mol. The minimum absolute atomic E-state index is 0.0506. The predicted molar refractivity (Wildman–Crippen MR) is 67.1 cm³/mol. The zero-order valence-corrected chi connectivity index (χ0v) is 10.0. The van der Waals surface area contributed by atoms with Gasteiger partial charge in [-0.1, -0.05) is 0 Å². The molecule has 0 saturated carbocycles. The van der Waals surface area contributed by atoms with Gasteiger partial charge in [0.1, 0.15) is 0 Å². The summed E-state index contributed by atoms with van der Waals surface area (Å²) in [4.78, 5) is 8.34. The summed E-state index contributed by atoms with van der Waals surface area (Å²) in [7, 11) is 0.